The van der Waals surface area contributed by atoms with Gasteiger partial charge in [-0.1, -0.05) is 0 Å². The van der Waals surface area contributed by atoms with Crippen LogP contribution in [0.3, 0.4) is 0 Å². The quantitative estimate of drug-likeness (QED) is 0.0255. The Morgan fingerprint density at radius 1 is 0.386 bits per heavy atom. The SMILES string of the molecule is NCCCCCO[C@@H]1O[C@@H](C(=O)[O-])[C@@H](O[C@H]2O[C@H](CO)[C@@H](O[C@@H]3O[C@@H](C(=O)[O-])[C@@H](O[C@H]4O[C@H](CO)[C@@H](O[C@@H]5O[C@@H](C(=O)[O-])[C@@H](O[C@H]6O[C@H](CO)[C@@H](O)[C@H](O)[C@H]6NS(=O)(=O)O)[C@H](O)[C@H]5O)[C@H](O)[C@H]4NS(=O)(=O)O)[C@H](O)[C@H]3O)[C@H](O)[C@H]2NS(=O)(=O)O)[C@H](O)[C@H]1O. The lowest BCUT2D eigenvalue weighted by Crippen LogP contribution is -2.71. The van der Waals surface area contributed by atoms with E-state index in [9.17, 15) is 135 Å². The highest BCUT2D eigenvalue weighted by Gasteiger charge is 2.59. The monoisotopic (exact) mass is 1350 g/mol. The predicted octanol–water partition coefficient (Wildman–Crippen LogP) is -18.5. The molecule has 0 aliphatic carbocycles. The maximum absolute atomic E-state index is 12.7. The van der Waals surface area contributed by atoms with Crippen molar-refractivity contribution < 1.29 is 192 Å². The van der Waals surface area contributed by atoms with Gasteiger partial charge in [0.05, 0.1) is 37.7 Å². The lowest BCUT2D eigenvalue weighted by atomic mass is 9.94. The Hall–Kier alpha value is -3.02. The van der Waals surface area contributed by atoms with E-state index in [1.807, 2.05) is 0 Å². The number of carbonyl (C=O) groups excluding carboxylic acids is 3. The Kier molecular flexibility index (Phi) is 25.9. The third-order valence-electron chi connectivity index (χ3n) is 14.4. The number of hydrogen-bond donors (Lipinski definition) is 20. The number of nitrogens with one attached hydrogen (secondary N) is 3. The number of aliphatic hydroxyl groups excluding tert-OH is 13. The molecule has 30 atom stereocenters. The number of aliphatic hydroxyl groups is 13. The van der Waals surface area contributed by atoms with Crippen LogP contribution in [-0.4, -0.2) is 340 Å². The second-order valence-electron chi connectivity index (χ2n) is 20.4. The maximum Gasteiger partial charge on any atom is 0.333 e. The molecule has 21 N–H and O–H groups in total. The second-order valence-corrected chi connectivity index (χ2v) is 24.0. The molecule has 6 rings (SSSR count). The van der Waals surface area contributed by atoms with Crippen LogP contribution in [0.1, 0.15) is 19.3 Å². The van der Waals surface area contributed by atoms with Crippen molar-refractivity contribution in [3.63, 3.8) is 0 Å². The molecule has 512 valence electrons. The summed E-state index contributed by atoms with van der Waals surface area (Å²) in [6.07, 6.45) is -64.4. The number of carbonyl (C=O) groups is 3. The van der Waals surface area contributed by atoms with Crippen LogP contribution in [0, 0.1) is 0 Å². The van der Waals surface area contributed by atoms with E-state index in [1.165, 1.54) is 14.2 Å². The average Bonchev–Trinajstić information content (AvgIpc) is 0.831. The van der Waals surface area contributed by atoms with Crippen molar-refractivity contribution in [2.45, 2.75) is 203 Å². The van der Waals surface area contributed by atoms with Crippen LogP contribution >= 0.6 is 0 Å². The fourth-order valence-corrected chi connectivity index (χ4v) is 11.9. The molecule has 0 aromatic rings. The molecule has 6 fully saturated rings. The molecule has 6 saturated heterocycles. The molecule has 0 radical (unpaired) electrons. The minimum Gasteiger partial charge on any atom is -0.547 e. The molecule has 44 nitrogen and oxygen atoms in total. The number of ether oxygens (including phenoxy) is 12. The average molecular weight is 1350 g/mol. The molecule has 47 heteroatoms. The molecular formula is C41H67N4O40S3-3. The molecule has 0 amide bonds. The van der Waals surface area contributed by atoms with Crippen molar-refractivity contribution in [1.29, 1.82) is 0 Å². The summed E-state index contributed by atoms with van der Waals surface area (Å²) in [5.74, 6) is -6.91. The standard InChI is InChI=1S/C41H70N4O40S3/c42-4-2-1-3-5-74-39-22(56)19(53)27(30(83-39)33(59)60)81-37-13(44-87(68,69)70)17(51)25(10(7-47)76-37)79-41-24(58)21(55)29(32(85-41)35(63)64)82-38-14(45-88(71,72)73)18(52)26(11(8-48)77-38)78-40-23(57)20(54)28(31(84-40)34(61)62)80-36-12(43-86(65,66)67)16(50)15(49)9(6-46)75-36/h9-32,36-41,43-58H,1-8,42H2,(H,59,60)(H,61,62)(H,63,64)(H,65,66,67)(H,68,69,70)(H,71,72,73)/p-3/t9-,10-,11-,12-,13-,14-,15-,16-,17-,18-,19-,20-,21-,22-,23-,24-,25-,26-,27+,28+,29+,30-,31-,32-,36-,37-,38-,39-,40-,41-/m1/s1. The summed E-state index contributed by atoms with van der Waals surface area (Å²) in [6.45, 7) is -3.72. The van der Waals surface area contributed by atoms with Gasteiger partial charge in [0.1, 0.15) is 146 Å². The Morgan fingerprint density at radius 2 is 0.693 bits per heavy atom. The zero-order valence-corrected chi connectivity index (χ0v) is 47.2. The Balaban J connectivity index is 1.20. The molecule has 0 saturated carbocycles. The molecule has 6 heterocycles. The number of nitrogens with two attached hydrogens (primary N) is 1. The van der Waals surface area contributed by atoms with Gasteiger partial charge in [-0.3, -0.25) is 13.7 Å². The van der Waals surface area contributed by atoms with E-state index < -0.39 is 253 Å². The molecular weight excluding hydrogens is 1280 g/mol. The van der Waals surface area contributed by atoms with Crippen LogP contribution in [0.5, 0.6) is 0 Å². The van der Waals surface area contributed by atoms with Crippen LogP contribution in [0.25, 0.3) is 0 Å². The van der Waals surface area contributed by atoms with E-state index in [-0.39, 0.29) is 6.61 Å². The van der Waals surface area contributed by atoms with E-state index in [1.54, 1.807) is 0 Å². The summed E-state index contributed by atoms with van der Waals surface area (Å²) in [5.41, 5.74) is 5.45. The Labute approximate surface area is 495 Å². The third-order valence-corrected chi connectivity index (χ3v) is 16.1. The summed E-state index contributed by atoms with van der Waals surface area (Å²) in [6, 6.07) is -7.36. The third kappa shape index (κ3) is 17.8. The van der Waals surface area contributed by atoms with Crippen molar-refractivity contribution >= 4 is 48.8 Å². The van der Waals surface area contributed by atoms with Gasteiger partial charge in [0.15, 0.2) is 37.7 Å². The van der Waals surface area contributed by atoms with E-state index in [4.69, 9.17) is 62.6 Å². The lowest BCUT2D eigenvalue weighted by molar-refractivity contribution is -0.393. The van der Waals surface area contributed by atoms with Gasteiger partial charge in [-0.25, -0.2) is 0 Å². The summed E-state index contributed by atoms with van der Waals surface area (Å²) >= 11 is 0. The van der Waals surface area contributed by atoms with Gasteiger partial charge in [0, 0.05) is 6.61 Å². The number of rotatable bonds is 28. The number of unbranched alkanes of at least 4 members (excludes halogenated alkanes) is 2. The molecule has 0 unspecified atom stereocenters. The molecule has 6 aliphatic rings. The van der Waals surface area contributed by atoms with Crippen molar-refractivity contribution in [2.75, 3.05) is 33.0 Å². The molecule has 0 aromatic carbocycles. The van der Waals surface area contributed by atoms with Crippen LogP contribution in [0.4, 0.5) is 0 Å². The van der Waals surface area contributed by atoms with Crippen molar-refractivity contribution in [3.8, 4) is 0 Å². The van der Waals surface area contributed by atoms with E-state index in [0.29, 0.717) is 25.8 Å². The smallest absolute Gasteiger partial charge is 0.333 e. The topological polar surface area (TPSA) is 719 Å². The van der Waals surface area contributed by atoms with Crippen molar-refractivity contribution in [1.82, 2.24) is 14.2 Å². The van der Waals surface area contributed by atoms with Gasteiger partial charge in [-0.2, -0.15) is 39.4 Å². The highest BCUT2D eigenvalue weighted by atomic mass is 32.2. The number of carboxylic acid groups (broad SMARTS) is 3. The molecule has 6 aliphatic heterocycles. The number of hydrogen-bond acceptors (Lipinski definition) is 38. The van der Waals surface area contributed by atoms with Gasteiger partial charge in [-0.15, -0.1) is 0 Å². The minimum atomic E-state index is -5.65. The van der Waals surface area contributed by atoms with E-state index in [2.05, 4.69) is 0 Å². The molecule has 0 spiro atoms. The van der Waals surface area contributed by atoms with Crippen LogP contribution in [-0.2, 0) is 102 Å². The summed E-state index contributed by atoms with van der Waals surface area (Å²) in [5, 5.41) is 179. The highest BCUT2D eigenvalue weighted by Crippen LogP contribution is 2.37. The first-order chi connectivity index (χ1) is 41.0. The number of aliphatic carboxylic acids is 3. The fourth-order valence-electron chi connectivity index (χ4n) is 10.1. The Morgan fingerprint density at radius 3 is 1.01 bits per heavy atom. The van der Waals surface area contributed by atoms with Crippen molar-refractivity contribution in [2.24, 2.45) is 5.73 Å². The fraction of sp³-hybridized carbons (Fsp3) is 0.927. The predicted molar refractivity (Wildman–Crippen MR) is 257 cm³/mol. The lowest BCUT2D eigenvalue weighted by Gasteiger charge is -2.51. The van der Waals surface area contributed by atoms with Crippen LogP contribution < -0.4 is 35.2 Å². The van der Waals surface area contributed by atoms with Crippen molar-refractivity contribution in [3.05, 3.63) is 0 Å². The van der Waals surface area contributed by atoms with Gasteiger partial charge in [0.25, 0.3) is 0 Å². The maximum atomic E-state index is 12.7. The first kappa shape index (κ1) is 74.0. The van der Waals surface area contributed by atoms with Gasteiger partial charge >= 0.3 is 30.9 Å². The van der Waals surface area contributed by atoms with Gasteiger partial charge in [-0.05, 0) is 25.8 Å². The first-order valence-corrected chi connectivity index (χ1v) is 30.3. The summed E-state index contributed by atoms with van der Waals surface area (Å²) < 4.78 is 170. The largest absolute Gasteiger partial charge is 0.547 e. The normalized spacial score (nSPS) is 43.9. The summed E-state index contributed by atoms with van der Waals surface area (Å²) in [7, 11) is -16.5. The zero-order chi connectivity index (χ0) is 65.8. The van der Waals surface area contributed by atoms with E-state index >= 15 is 0 Å². The number of carboxylic acids is 3. The molecule has 0 bridgehead atoms. The van der Waals surface area contributed by atoms with Crippen LogP contribution in [0.15, 0.2) is 0 Å². The molecule has 88 heavy (non-hydrogen) atoms. The second kappa shape index (κ2) is 30.8. The molecule has 0 aromatic heterocycles. The summed E-state index contributed by atoms with van der Waals surface area (Å²) in [4.78, 5) is 37.4. The van der Waals surface area contributed by atoms with Gasteiger partial charge < -0.3 is 159 Å². The van der Waals surface area contributed by atoms with Gasteiger partial charge in [0.2, 0.25) is 0 Å². The highest BCUT2D eigenvalue weighted by molar-refractivity contribution is 7.84. The van der Waals surface area contributed by atoms with Crippen LogP contribution in [0.2, 0.25) is 0 Å². The zero-order valence-electron chi connectivity index (χ0n) is 44.7. The Bertz CT molecular complexity index is 2660. The minimum absolute atomic E-state index is 0.147. The van der Waals surface area contributed by atoms with E-state index in [0.717, 1.165) is 0 Å². The first-order valence-electron chi connectivity index (χ1n) is 26.0.